The normalized spacial score (nSPS) is 8.33. The van der Waals surface area contributed by atoms with Crippen molar-refractivity contribution in [2.45, 2.75) is 13.8 Å². The fourth-order valence-electron chi connectivity index (χ4n) is 0.623. The molecule has 1 aromatic rings. The monoisotopic (exact) mass is 170 g/mol. The van der Waals surface area contributed by atoms with Crippen molar-refractivity contribution in [3.05, 3.63) is 18.2 Å². The number of hydrogen-bond acceptors (Lipinski definition) is 3. The molecular weight excluding hydrogens is 156 g/mol. The average molecular weight is 170 g/mol. The second-order valence-corrected chi connectivity index (χ2v) is 1.92. The van der Waals surface area contributed by atoms with E-state index >= 15 is 0 Å². The third-order valence-corrected chi connectivity index (χ3v) is 1.10. The van der Waals surface area contributed by atoms with Crippen LogP contribution >= 0.6 is 0 Å². The van der Waals surface area contributed by atoms with Gasteiger partial charge in [-0.3, -0.25) is 0 Å². The zero-order valence-electron chi connectivity index (χ0n) is 7.87. The minimum absolute atomic E-state index is 0.338. The van der Waals surface area contributed by atoms with Crippen LogP contribution in [0, 0.1) is 0 Å². The molecule has 0 saturated carbocycles. The summed E-state index contributed by atoms with van der Waals surface area (Å²) in [4.78, 5) is 14.5. The fraction of sp³-hybridized carbons (Fsp3) is 0.500. The standard InChI is InChI=1S/C6H8N2O2.C2H6/c1-8-3-5(7-4-8)6(9)10-2;1-2/h3-4H,1-2H3;1-2H3. The van der Waals surface area contributed by atoms with Gasteiger partial charge in [-0.15, -0.1) is 0 Å². The van der Waals surface area contributed by atoms with E-state index in [1.165, 1.54) is 7.11 Å². The zero-order chi connectivity index (χ0) is 9.56. The molecule has 0 spiro atoms. The first kappa shape index (κ1) is 10.7. The summed E-state index contributed by atoms with van der Waals surface area (Å²) < 4.78 is 6.12. The van der Waals surface area contributed by atoms with E-state index in [0.717, 1.165) is 0 Å². The van der Waals surface area contributed by atoms with Gasteiger partial charge in [0.2, 0.25) is 0 Å². The van der Waals surface area contributed by atoms with Gasteiger partial charge in [-0.25, -0.2) is 9.78 Å². The maximum atomic E-state index is 10.7. The molecule has 4 heteroatoms. The third kappa shape index (κ3) is 2.74. The maximum Gasteiger partial charge on any atom is 0.358 e. The number of methoxy groups -OCH3 is 1. The van der Waals surface area contributed by atoms with Gasteiger partial charge in [-0.05, 0) is 0 Å². The summed E-state index contributed by atoms with van der Waals surface area (Å²) in [5.74, 6) is -0.402. The number of carbonyl (C=O) groups excluding carboxylic acids is 1. The Hall–Kier alpha value is -1.32. The van der Waals surface area contributed by atoms with Gasteiger partial charge < -0.3 is 9.30 Å². The van der Waals surface area contributed by atoms with Crippen LogP contribution in [0.5, 0.6) is 0 Å². The number of esters is 1. The number of nitrogens with zero attached hydrogens (tertiary/aromatic N) is 2. The third-order valence-electron chi connectivity index (χ3n) is 1.10. The molecule has 0 aliphatic heterocycles. The molecule has 4 nitrogen and oxygen atoms in total. The molecule has 68 valence electrons. The molecule has 0 aliphatic carbocycles. The summed E-state index contributed by atoms with van der Waals surface area (Å²) in [6.45, 7) is 4.00. The van der Waals surface area contributed by atoms with Crippen molar-refractivity contribution in [2.75, 3.05) is 7.11 Å². The summed E-state index contributed by atoms with van der Waals surface area (Å²) in [6, 6.07) is 0. The maximum absolute atomic E-state index is 10.7. The lowest BCUT2D eigenvalue weighted by atomic mass is 10.5. The zero-order valence-corrected chi connectivity index (χ0v) is 7.87. The molecule has 12 heavy (non-hydrogen) atoms. The highest BCUT2D eigenvalue weighted by molar-refractivity contribution is 5.86. The molecule has 1 heterocycles. The highest BCUT2D eigenvalue weighted by Gasteiger charge is 2.06. The molecule has 1 aromatic heterocycles. The molecule has 0 radical (unpaired) electrons. The molecule has 0 unspecified atom stereocenters. The van der Waals surface area contributed by atoms with Crippen LogP contribution < -0.4 is 0 Å². The Kier molecular flexibility index (Phi) is 4.76. The lowest BCUT2D eigenvalue weighted by Crippen LogP contribution is -2.00. The minimum atomic E-state index is -0.402. The highest BCUT2D eigenvalue weighted by atomic mass is 16.5. The molecule has 0 aromatic carbocycles. The molecule has 0 bridgehead atoms. The number of ether oxygens (including phenoxy) is 1. The number of rotatable bonds is 1. The molecule has 0 saturated heterocycles. The first-order valence-corrected chi connectivity index (χ1v) is 3.80. The lowest BCUT2D eigenvalue weighted by Gasteiger charge is -1.90. The number of imidazole rings is 1. The van der Waals surface area contributed by atoms with Gasteiger partial charge in [-0.1, -0.05) is 13.8 Å². The van der Waals surface area contributed by atoms with E-state index < -0.39 is 5.97 Å². The molecule has 0 fully saturated rings. The van der Waals surface area contributed by atoms with Gasteiger partial charge in [0.1, 0.15) is 0 Å². The number of aromatic nitrogens is 2. The first-order valence-electron chi connectivity index (χ1n) is 3.80. The van der Waals surface area contributed by atoms with Crippen LogP contribution in [0.15, 0.2) is 12.5 Å². The van der Waals surface area contributed by atoms with Crippen LogP contribution in [0.1, 0.15) is 24.3 Å². The van der Waals surface area contributed by atoms with Crippen molar-refractivity contribution in [1.29, 1.82) is 0 Å². The van der Waals surface area contributed by atoms with Gasteiger partial charge in [0.15, 0.2) is 5.69 Å². The first-order chi connectivity index (χ1) is 5.74. The largest absolute Gasteiger partial charge is 0.464 e. The quantitative estimate of drug-likeness (QED) is 0.595. The van der Waals surface area contributed by atoms with Crippen LogP contribution in [-0.2, 0) is 11.8 Å². The summed E-state index contributed by atoms with van der Waals surface area (Å²) in [5.41, 5.74) is 0.338. The Balaban J connectivity index is 0.000000561. The fourth-order valence-corrected chi connectivity index (χ4v) is 0.623. The van der Waals surface area contributed by atoms with Crippen LogP contribution in [0.4, 0.5) is 0 Å². The molecule has 0 atom stereocenters. The average Bonchev–Trinajstić information content (AvgIpc) is 2.54. The van der Waals surface area contributed by atoms with Gasteiger partial charge in [0.25, 0.3) is 0 Å². The SMILES string of the molecule is CC.COC(=O)c1cn(C)cn1. The van der Waals surface area contributed by atoms with E-state index in [1.807, 2.05) is 13.8 Å². The van der Waals surface area contributed by atoms with Crippen LogP contribution in [-0.4, -0.2) is 22.6 Å². The molecular formula is C8H14N2O2. The summed E-state index contributed by atoms with van der Waals surface area (Å²) in [6.07, 6.45) is 3.15. The van der Waals surface area contributed by atoms with Crippen LogP contribution in [0.2, 0.25) is 0 Å². The predicted molar refractivity (Wildman–Crippen MR) is 45.9 cm³/mol. The Morgan fingerprint density at radius 2 is 2.17 bits per heavy atom. The smallest absolute Gasteiger partial charge is 0.358 e. The topological polar surface area (TPSA) is 44.1 Å². The van der Waals surface area contributed by atoms with Crippen molar-refractivity contribution >= 4 is 5.97 Å². The highest BCUT2D eigenvalue weighted by Crippen LogP contribution is 1.94. The summed E-state index contributed by atoms with van der Waals surface area (Å²) in [5, 5.41) is 0. The van der Waals surface area contributed by atoms with Gasteiger partial charge >= 0.3 is 5.97 Å². The van der Waals surface area contributed by atoms with E-state index in [0.29, 0.717) is 5.69 Å². The Labute approximate surface area is 72.2 Å². The van der Waals surface area contributed by atoms with E-state index in [4.69, 9.17) is 0 Å². The van der Waals surface area contributed by atoms with E-state index in [-0.39, 0.29) is 0 Å². The molecule has 0 amide bonds. The predicted octanol–water partition coefficient (Wildman–Crippen LogP) is 1.23. The lowest BCUT2D eigenvalue weighted by molar-refractivity contribution is 0.0594. The van der Waals surface area contributed by atoms with Gasteiger partial charge in [0.05, 0.1) is 13.4 Å². The number of aryl methyl sites for hydroxylation is 1. The van der Waals surface area contributed by atoms with Gasteiger partial charge in [0, 0.05) is 13.2 Å². The van der Waals surface area contributed by atoms with Crippen LogP contribution in [0.3, 0.4) is 0 Å². The second-order valence-electron chi connectivity index (χ2n) is 1.92. The van der Waals surface area contributed by atoms with Crippen molar-refractivity contribution < 1.29 is 9.53 Å². The van der Waals surface area contributed by atoms with Crippen molar-refractivity contribution in [1.82, 2.24) is 9.55 Å². The summed E-state index contributed by atoms with van der Waals surface area (Å²) in [7, 11) is 3.12. The molecule has 1 rings (SSSR count). The Bertz CT molecular complexity index is 243. The number of hydrogen-bond donors (Lipinski definition) is 0. The minimum Gasteiger partial charge on any atom is -0.464 e. The second kappa shape index (κ2) is 5.35. The molecule has 0 aliphatic rings. The van der Waals surface area contributed by atoms with Crippen molar-refractivity contribution in [3.8, 4) is 0 Å². The van der Waals surface area contributed by atoms with E-state index in [9.17, 15) is 4.79 Å². The molecule has 0 N–H and O–H groups in total. The Morgan fingerprint density at radius 1 is 1.58 bits per heavy atom. The van der Waals surface area contributed by atoms with E-state index in [1.54, 1.807) is 24.1 Å². The van der Waals surface area contributed by atoms with Crippen molar-refractivity contribution in [2.24, 2.45) is 7.05 Å². The van der Waals surface area contributed by atoms with Gasteiger partial charge in [-0.2, -0.15) is 0 Å². The van der Waals surface area contributed by atoms with Crippen LogP contribution in [0.25, 0.3) is 0 Å². The summed E-state index contributed by atoms with van der Waals surface area (Å²) >= 11 is 0. The van der Waals surface area contributed by atoms with E-state index in [2.05, 4.69) is 9.72 Å². The Morgan fingerprint density at radius 3 is 2.50 bits per heavy atom. The van der Waals surface area contributed by atoms with Crippen molar-refractivity contribution in [3.63, 3.8) is 0 Å². The number of carbonyl (C=O) groups is 1.